The molecule has 0 atom stereocenters. The van der Waals surface area contributed by atoms with Gasteiger partial charge in [0.05, 0.1) is 4.88 Å². The number of rotatable bonds is 4. The van der Waals surface area contributed by atoms with Crippen LogP contribution in [0.15, 0.2) is 66.0 Å². The fourth-order valence-electron chi connectivity index (χ4n) is 2.24. The zero-order chi connectivity index (χ0) is 19.2. The number of nitrogens with one attached hydrogen (secondary N) is 3. The molecule has 0 bridgehead atoms. The van der Waals surface area contributed by atoms with E-state index < -0.39 is 11.7 Å². The van der Waals surface area contributed by atoms with Crippen LogP contribution in [0.2, 0.25) is 0 Å². The molecule has 0 saturated carbocycles. The molecule has 0 fully saturated rings. The zero-order valence-corrected chi connectivity index (χ0v) is 15.5. The van der Waals surface area contributed by atoms with Gasteiger partial charge in [0.2, 0.25) is 0 Å². The second kappa shape index (κ2) is 8.52. The normalized spacial score (nSPS) is 10.1. The van der Waals surface area contributed by atoms with Crippen molar-refractivity contribution in [3.05, 3.63) is 82.3 Å². The van der Waals surface area contributed by atoms with Gasteiger partial charge in [0.25, 0.3) is 11.8 Å². The molecule has 0 unspecified atom stereocenters. The lowest BCUT2D eigenvalue weighted by Crippen LogP contribution is -2.34. The molecule has 1 heterocycles. The lowest BCUT2D eigenvalue weighted by molar-refractivity contribution is 0.0976. The van der Waals surface area contributed by atoms with Crippen molar-refractivity contribution < 1.29 is 14.0 Å². The number of hydrogen-bond acceptors (Lipinski definition) is 4. The lowest BCUT2D eigenvalue weighted by Gasteiger charge is -2.11. The van der Waals surface area contributed by atoms with Gasteiger partial charge in [0.1, 0.15) is 5.82 Å². The minimum atomic E-state index is -0.519. The van der Waals surface area contributed by atoms with E-state index in [4.69, 9.17) is 12.2 Å². The summed E-state index contributed by atoms with van der Waals surface area (Å²) >= 11 is 6.47. The molecule has 3 aromatic rings. The van der Waals surface area contributed by atoms with Crippen molar-refractivity contribution in [2.24, 2.45) is 0 Å². The molecule has 2 amide bonds. The first-order valence-electron chi connectivity index (χ1n) is 7.84. The topological polar surface area (TPSA) is 70.2 Å². The molecule has 1 aromatic heterocycles. The van der Waals surface area contributed by atoms with Crippen LogP contribution < -0.4 is 16.0 Å². The molecule has 27 heavy (non-hydrogen) atoms. The predicted octanol–water partition coefficient (Wildman–Crippen LogP) is 4.27. The number of carbonyl (C=O) groups is 2. The highest BCUT2D eigenvalue weighted by molar-refractivity contribution is 7.80. The maximum atomic E-state index is 13.2. The molecule has 0 aliphatic heterocycles. The highest BCUT2D eigenvalue weighted by Gasteiger charge is 2.10. The van der Waals surface area contributed by atoms with E-state index in [0.29, 0.717) is 16.3 Å². The molecular weight excluding hydrogens is 385 g/mol. The number of benzene rings is 2. The molecule has 136 valence electrons. The number of thiophene rings is 1. The Morgan fingerprint density at radius 1 is 0.889 bits per heavy atom. The summed E-state index contributed by atoms with van der Waals surface area (Å²) in [6.45, 7) is 0. The van der Waals surface area contributed by atoms with Crippen molar-refractivity contribution in [1.29, 1.82) is 0 Å². The molecule has 3 N–H and O–H groups in total. The van der Waals surface area contributed by atoms with Crippen molar-refractivity contribution in [3.8, 4) is 0 Å². The Bertz CT molecular complexity index is 990. The Hall–Kier alpha value is -3.10. The van der Waals surface area contributed by atoms with Gasteiger partial charge in [0.15, 0.2) is 5.11 Å². The molecule has 0 spiro atoms. The Morgan fingerprint density at radius 2 is 1.63 bits per heavy atom. The van der Waals surface area contributed by atoms with Gasteiger partial charge in [-0.05, 0) is 60.1 Å². The quantitative estimate of drug-likeness (QED) is 0.573. The monoisotopic (exact) mass is 399 g/mol. The Morgan fingerprint density at radius 3 is 2.33 bits per heavy atom. The average Bonchev–Trinajstić information content (AvgIpc) is 3.16. The van der Waals surface area contributed by atoms with E-state index in [0.717, 1.165) is 6.07 Å². The van der Waals surface area contributed by atoms with Gasteiger partial charge in [-0.15, -0.1) is 11.3 Å². The number of thiocarbonyl (C=S) groups is 1. The lowest BCUT2D eigenvalue weighted by atomic mass is 10.2. The molecular formula is C19H14FN3O2S2. The fourth-order valence-corrected chi connectivity index (χ4v) is 3.07. The van der Waals surface area contributed by atoms with Crippen LogP contribution in [-0.2, 0) is 0 Å². The van der Waals surface area contributed by atoms with Crippen LogP contribution in [0.4, 0.5) is 15.8 Å². The van der Waals surface area contributed by atoms with Crippen molar-refractivity contribution in [2.75, 3.05) is 10.6 Å². The molecule has 5 nitrogen and oxygen atoms in total. The third kappa shape index (κ3) is 5.19. The van der Waals surface area contributed by atoms with Gasteiger partial charge >= 0.3 is 0 Å². The first-order valence-corrected chi connectivity index (χ1v) is 9.13. The van der Waals surface area contributed by atoms with E-state index in [1.807, 2.05) is 5.38 Å². The number of halogens is 1. The Balaban J connectivity index is 1.61. The first kappa shape index (κ1) is 18.7. The third-order valence-electron chi connectivity index (χ3n) is 3.44. The molecule has 0 aliphatic rings. The van der Waals surface area contributed by atoms with Gasteiger partial charge in [0, 0.05) is 16.9 Å². The van der Waals surface area contributed by atoms with Gasteiger partial charge in [-0.25, -0.2) is 4.39 Å². The smallest absolute Gasteiger partial charge is 0.265 e. The fraction of sp³-hybridized carbons (Fsp3) is 0. The van der Waals surface area contributed by atoms with Crippen molar-refractivity contribution >= 4 is 51.9 Å². The minimum absolute atomic E-state index is 0.0611. The van der Waals surface area contributed by atoms with E-state index >= 15 is 0 Å². The molecule has 2 aromatic carbocycles. The standard InChI is InChI=1S/C19H14FN3O2S2/c20-13-5-1-4-12(10-13)17(24)23-19(26)22-15-7-2-6-14(11-15)21-18(25)16-8-3-9-27-16/h1-11H,(H,21,25)(H2,22,23,24,26). The van der Waals surface area contributed by atoms with E-state index in [1.165, 1.54) is 29.5 Å². The van der Waals surface area contributed by atoms with E-state index in [1.54, 1.807) is 36.4 Å². The number of amides is 2. The Labute approximate surface area is 164 Å². The highest BCUT2D eigenvalue weighted by Crippen LogP contribution is 2.17. The van der Waals surface area contributed by atoms with Crippen LogP contribution in [0, 0.1) is 5.82 Å². The average molecular weight is 399 g/mol. The SMILES string of the molecule is O=C(NC(=S)Nc1cccc(NC(=O)c2cccs2)c1)c1cccc(F)c1. The van der Waals surface area contributed by atoms with Crippen molar-refractivity contribution in [1.82, 2.24) is 5.32 Å². The molecule has 0 saturated heterocycles. The maximum Gasteiger partial charge on any atom is 0.265 e. The minimum Gasteiger partial charge on any atom is -0.332 e. The largest absolute Gasteiger partial charge is 0.332 e. The van der Waals surface area contributed by atoms with Crippen molar-refractivity contribution in [2.45, 2.75) is 0 Å². The van der Waals surface area contributed by atoms with Crippen LogP contribution >= 0.6 is 23.6 Å². The molecule has 0 radical (unpaired) electrons. The third-order valence-corrected chi connectivity index (χ3v) is 4.51. The number of carbonyl (C=O) groups excluding carboxylic acids is 2. The molecule has 3 rings (SSSR count). The molecule has 0 aliphatic carbocycles. The maximum absolute atomic E-state index is 13.2. The summed E-state index contributed by atoms with van der Waals surface area (Å²) in [5.41, 5.74) is 1.33. The Kier molecular flexibility index (Phi) is 5.90. The van der Waals surface area contributed by atoms with Gasteiger partial charge in [-0.2, -0.15) is 0 Å². The summed E-state index contributed by atoms with van der Waals surface area (Å²) in [7, 11) is 0. The van der Waals surface area contributed by atoms with Gasteiger partial charge < -0.3 is 10.6 Å². The van der Waals surface area contributed by atoms with Crippen LogP contribution in [0.5, 0.6) is 0 Å². The predicted molar refractivity (Wildman–Crippen MR) is 109 cm³/mol. The van der Waals surface area contributed by atoms with Gasteiger partial charge in [-0.3, -0.25) is 14.9 Å². The second-order valence-electron chi connectivity index (χ2n) is 5.43. The summed E-state index contributed by atoms with van der Waals surface area (Å²) in [6, 6.07) is 15.8. The second-order valence-corrected chi connectivity index (χ2v) is 6.79. The zero-order valence-electron chi connectivity index (χ0n) is 13.9. The molecule has 8 heteroatoms. The van der Waals surface area contributed by atoms with Crippen LogP contribution in [0.3, 0.4) is 0 Å². The van der Waals surface area contributed by atoms with Crippen LogP contribution in [0.1, 0.15) is 20.0 Å². The summed E-state index contributed by atoms with van der Waals surface area (Å²) in [4.78, 5) is 24.8. The van der Waals surface area contributed by atoms with E-state index in [2.05, 4.69) is 16.0 Å². The summed E-state index contributed by atoms with van der Waals surface area (Å²) in [6.07, 6.45) is 0. The van der Waals surface area contributed by atoms with Gasteiger partial charge in [-0.1, -0.05) is 18.2 Å². The number of anilines is 2. The number of hydrogen-bond donors (Lipinski definition) is 3. The van der Waals surface area contributed by atoms with E-state index in [9.17, 15) is 14.0 Å². The van der Waals surface area contributed by atoms with Crippen molar-refractivity contribution in [3.63, 3.8) is 0 Å². The highest BCUT2D eigenvalue weighted by atomic mass is 32.1. The van der Waals surface area contributed by atoms with Crippen LogP contribution in [0.25, 0.3) is 0 Å². The van der Waals surface area contributed by atoms with Crippen LogP contribution in [-0.4, -0.2) is 16.9 Å². The first-order chi connectivity index (χ1) is 13.0. The summed E-state index contributed by atoms with van der Waals surface area (Å²) in [5.74, 6) is -1.23. The summed E-state index contributed by atoms with van der Waals surface area (Å²) in [5, 5.41) is 10.0. The summed E-state index contributed by atoms with van der Waals surface area (Å²) < 4.78 is 13.2. The van der Waals surface area contributed by atoms with E-state index in [-0.39, 0.29) is 16.6 Å².